The number of fused-ring (bicyclic) bond motifs is 1. The van der Waals surface area contributed by atoms with E-state index < -0.39 is 0 Å². The van der Waals surface area contributed by atoms with Gasteiger partial charge in [-0.15, -0.1) is 0 Å². The third-order valence-corrected chi connectivity index (χ3v) is 6.79. The van der Waals surface area contributed by atoms with E-state index in [0.29, 0.717) is 23.5 Å². The lowest BCUT2D eigenvalue weighted by Gasteiger charge is -2.34. The Morgan fingerprint density at radius 1 is 1.12 bits per heavy atom. The van der Waals surface area contributed by atoms with Crippen molar-refractivity contribution in [2.24, 2.45) is 29.1 Å². The molecule has 0 N–H and O–H groups in total. The summed E-state index contributed by atoms with van der Waals surface area (Å²) in [5.74, 6) is 2.91. The highest BCUT2D eigenvalue weighted by molar-refractivity contribution is 5.89. The highest BCUT2D eigenvalue weighted by atomic mass is 16.5. The molecule has 2 saturated carbocycles. The van der Waals surface area contributed by atoms with Gasteiger partial charge in [0.15, 0.2) is 0 Å². The fraction of sp³-hybridized carbons (Fsp3) is 0.682. The first-order chi connectivity index (χ1) is 11.5. The van der Waals surface area contributed by atoms with Crippen LogP contribution in [0.4, 0.5) is 0 Å². The van der Waals surface area contributed by atoms with Crippen LogP contribution in [0.3, 0.4) is 0 Å². The highest BCUT2D eigenvalue weighted by Crippen LogP contribution is 2.56. The summed E-state index contributed by atoms with van der Waals surface area (Å²) in [6.45, 7) is 7.88. The van der Waals surface area contributed by atoms with Crippen molar-refractivity contribution < 1.29 is 9.53 Å². The van der Waals surface area contributed by atoms with Crippen LogP contribution in [0.25, 0.3) is 0 Å². The van der Waals surface area contributed by atoms with Crippen molar-refractivity contribution in [1.29, 1.82) is 0 Å². The summed E-state index contributed by atoms with van der Waals surface area (Å²) < 4.78 is 5.61. The van der Waals surface area contributed by atoms with Gasteiger partial charge in [0, 0.05) is 0 Å². The Morgan fingerprint density at radius 2 is 1.83 bits per heavy atom. The maximum absolute atomic E-state index is 12.2. The van der Waals surface area contributed by atoms with E-state index in [2.05, 4.69) is 20.8 Å². The average molecular weight is 328 g/mol. The molecule has 0 saturated heterocycles. The van der Waals surface area contributed by atoms with Gasteiger partial charge in [0.05, 0.1) is 12.2 Å². The zero-order valence-corrected chi connectivity index (χ0v) is 15.5. The van der Waals surface area contributed by atoms with Gasteiger partial charge in [0.1, 0.15) is 0 Å². The molecule has 2 heteroatoms. The Labute approximate surface area is 147 Å². The van der Waals surface area contributed by atoms with E-state index in [1.165, 1.54) is 38.5 Å². The van der Waals surface area contributed by atoms with E-state index in [4.69, 9.17) is 4.74 Å². The molecule has 0 amide bonds. The smallest absolute Gasteiger partial charge is 0.338 e. The fourth-order valence-electron chi connectivity index (χ4n) is 5.18. The maximum atomic E-state index is 12.2. The molecule has 0 aliphatic heterocycles. The topological polar surface area (TPSA) is 26.3 Å². The van der Waals surface area contributed by atoms with Crippen LogP contribution in [0.5, 0.6) is 0 Å². The van der Waals surface area contributed by atoms with Gasteiger partial charge in [-0.05, 0) is 79.7 Å². The van der Waals surface area contributed by atoms with Crippen molar-refractivity contribution in [2.45, 2.75) is 59.3 Å². The molecule has 132 valence electrons. The van der Waals surface area contributed by atoms with Crippen LogP contribution < -0.4 is 0 Å². The molecule has 0 aromatic heterocycles. The Kier molecular flexibility index (Phi) is 5.32. The van der Waals surface area contributed by atoms with Gasteiger partial charge in [-0.1, -0.05) is 39.0 Å². The van der Waals surface area contributed by atoms with Gasteiger partial charge in [-0.2, -0.15) is 0 Å². The van der Waals surface area contributed by atoms with Crippen LogP contribution in [-0.4, -0.2) is 12.6 Å². The van der Waals surface area contributed by atoms with Crippen molar-refractivity contribution >= 4 is 5.97 Å². The first-order valence-electron chi connectivity index (χ1n) is 9.72. The first kappa shape index (κ1) is 17.5. The van der Waals surface area contributed by atoms with Crippen molar-refractivity contribution in [3.63, 3.8) is 0 Å². The number of hydrogen-bond acceptors (Lipinski definition) is 2. The number of hydrogen-bond donors (Lipinski definition) is 0. The molecule has 3 rings (SSSR count). The quantitative estimate of drug-likeness (QED) is 0.660. The van der Waals surface area contributed by atoms with Crippen LogP contribution in [-0.2, 0) is 4.74 Å². The van der Waals surface area contributed by atoms with Crippen molar-refractivity contribution in [3.05, 3.63) is 35.9 Å². The SMILES string of the molecule is CC(C)C1CCC2(C)CCC(COC(=O)c3ccccc3)CCC12. The van der Waals surface area contributed by atoms with Crippen molar-refractivity contribution in [3.8, 4) is 0 Å². The summed E-state index contributed by atoms with van der Waals surface area (Å²) in [5.41, 5.74) is 1.18. The molecule has 0 heterocycles. The Morgan fingerprint density at radius 3 is 2.54 bits per heavy atom. The summed E-state index contributed by atoms with van der Waals surface area (Å²) in [6.07, 6.45) is 7.83. The molecule has 1 aromatic rings. The summed E-state index contributed by atoms with van der Waals surface area (Å²) in [7, 11) is 0. The molecule has 2 fully saturated rings. The minimum Gasteiger partial charge on any atom is -0.462 e. The van der Waals surface area contributed by atoms with E-state index in [1.807, 2.05) is 30.3 Å². The maximum Gasteiger partial charge on any atom is 0.338 e. The second-order valence-corrected chi connectivity index (χ2v) is 8.65. The van der Waals surface area contributed by atoms with Crippen LogP contribution in [0.2, 0.25) is 0 Å². The van der Waals surface area contributed by atoms with E-state index in [1.54, 1.807) is 0 Å². The Balaban J connectivity index is 1.56. The number of esters is 1. The molecule has 0 bridgehead atoms. The van der Waals surface area contributed by atoms with Crippen molar-refractivity contribution in [2.75, 3.05) is 6.61 Å². The second-order valence-electron chi connectivity index (χ2n) is 8.65. The van der Waals surface area contributed by atoms with Gasteiger partial charge < -0.3 is 4.74 Å². The van der Waals surface area contributed by atoms with Crippen LogP contribution in [0, 0.1) is 29.1 Å². The molecule has 2 nitrogen and oxygen atoms in total. The summed E-state index contributed by atoms with van der Waals surface area (Å²) in [6, 6.07) is 9.35. The van der Waals surface area contributed by atoms with E-state index in [0.717, 1.165) is 17.8 Å². The van der Waals surface area contributed by atoms with Crippen LogP contribution in [0.15, 0.2) is 30.3 Å². The summed E-state index contributed by atoms with van der Waals surface area (Å²) in [4.78, 5) is 12.2. The molecule has 1 aromatic carbocycles. The Hall–Kier alpha value is -1.31. The highest BCUT2D eigenvalue weighted by Gasteiger charge is 2.46. The summed E-state index contributed by atoms with van der Waals surface area (Å²) in [5, 5.41) is 0. The third kappa shape index (κ3) is 3.68. The molecule has 0 radical (unpaired) electrons. The number of benzene rings is 1. The van der Waals surface area contributed by atoms with Crippen LogP contribution >= 0.6 is 0 Å². The van der Waals surface area contributed by atoms with E-state index in [-0.39, 0.29) is 5.97 Å². The van der Waals surface area contributed by atoms with E-state index in [9.17, 15) is 4.79 Å². The largest absolute Gasteiger partial charge is 0.462 e. The fourth-order valence-corrected chi connectivity index (χ4v) is 5.18. The van der Waals surface area contributed by atoms with Crippen molar-refractivity contribution in [1.82, 2.24) is 0 Å². The van der Waals surface area contributed by atoms with Gasteiger partial charge >= 0.3 is 5.97 Å². The lowest BCUT2D eigenvalue weighted by molar-refractivity contribution is 0.0425. The van der Waals surface area contributed by atoms with Gasteiger partial charge in [0.25, 0.3) is 0 Å². The van der Waals surface area contributed by atoms with Gasteiger partial charge in [0.2, 0.25) is 0 Å². The zero-order chi connectivity index (χ0) is 17.2. The number of carbonyl (C=O) groups is 1. The predicted octanol–water partition coefficient (Wildman–Crippen LogP) is 5.72. The molecular formula is C22H32O2. The number of carbonyl (C=O) groups excluding carboxylic acids is 1. The molecular weight excluding hydrogens is 296 g/mol. The average Bonchev–Trinajstić information content (AvgIpc) is 2.83. The predicted molar refractivity (Wildman–Crippen MR) is 97.8 cm³/mol. The van der Waals surface area contributed by atoms with E-state index >= 15 is 0 Å². The molecule has 0 spiro atoms. The lowest BCUT2D eigenvalue weighted by Crippen LogP contribution is -2.26. The Bertz CT molecular complexity index is 550. The molecule has 4 unspecified atom stereocenters. The van der Waals surface area contributed by atoms with Gasteiger partial charge in [-0.25, -0.2) is 4.79 Å². The second kappa shape index (κ2) is 7.29. The molecule has 4 atom stereocenters. The molecule has 2 aliphatic rings. The third-order valence-electron chi connectivity index (χ3n) is 6.79. The monoisotopic (exact) mass is 328 g/mol. The molecule has 2 aliphatic carbocycles. The summed E-state index contributed by atoms with van der Waals surface area (Å²) >= 11 is 0. The number of ether oxygens (including phenoxy) is 1. The standard InChI is InChI=1S/C22H32O2/c1-16(2)19-12-14-22(3)13-11-17(9-10-20(19)22)15-24-21(23)18-7-5-4-6-8-18/h4-8,16-17,19-20H,9-15H2,1-3H3. The minimum absolute atomic E-state index is 0.175. The first-order valence-corrected chi connectivity index (χ1v) is 9.72. The van der Waals surface area contributed by atoms with Gasteiger partial charge in [-0.3, -0.25) is 0 Å². The lowest BCUT2D eigenvalue weighted by atomic mass is 9.71. The number of rotatable bonds is 4. The normalized spacial score (nSPS) is 33.1. The van der Waals surface area contributed by atoms with Crippen LogP contribution in [0.1, 0.15) is 69.7 Å². The molecule has 24 heavy (non-hydrogen) atoms. The minimum atomic E-state index is -0.175. The zero-order valence-electron chi connectivity index (χ0n) is 15.5.